The highest BCUT2D eigenvalue weighted by atomic mass is 32.2. The molecule has 0 fully saturated rings. The van der Waals surface area contributed by atoms with Gasteiger partial charge in [0.05, 0.1) is 0 Å². The van der Waals surface area contributed by atoms with Gasteiger partial charge in [0, 0.05) is 21.7 Å². The van der Waals surface area contributed by atoms with Gasteiger partial charge in [0.1, 0.15) is 5.52 Å². The number of benzene rings is 3. The minimum atomic E-state index is -0.132. The Balaban J connectivity index is 1.50. The lowest BCUT2D eigenvalue weighted by Gasteiger charge is -2.06. The summed E-state index contributed by atoms with van der Waals surface area (Å²) in [7, 11) is 0. The summed E-state index contributed by atoms with van der Waals surface area (Å²) in [6, 6.07) is 22.7. The van der Waals surface area contributed by atoms with E-state index in [1.54, 1.807) is 11.8 Å². The first-order valence-electron chi connectivity index (χ1n) is 8.14. The van der Waals surface area contributed by atoms with E-state index in [4.69, 9.17) is 4.42 Å². The molecule has 0 unspecified atom stereocenters. The number of aromatic nitrogens is 1. The molecule has 0 aliphatic carbocycles. The zero-order chi connectivity index (χ0) is 17.9. The summed E-state index contributed by atoms with van der Waals surface area (Å²) in [4.78, 5) is 17.9. The lowest BCUT2D eigenvalue weighted by Crippen LogP contribution is -2.11. The van der Waals surface area contributed by atoms with Crippen LogP contribution in [0, 0.1) is 0 Å². The van der Waals surface area contributed by atoms with Gasteiger partial charge in [-0.2, -0.15) is 0 Å². The van der Waals surface area contributed by atoms with Crippen molar-refractivity contribution >= 4 is 34.5 Å². The number of nitrogens with zero attached hydrogens (tertiary/aromatic N) is 1. The maximum Gasteiger partial charge on any atom is 0.255 e. The Morgan fingerprint density at radius 1 is 0.962 bits per heavy atom. The Morgan fingerprint density at radius 3 is 2.38 bits per heavy atom. The van der Waals surface area contributed by atoms with E-state index >= 15 is 0 Å². The second-order valence-corrected chi connectivity index (χ2v) is 6.63. The van der Waals surface area contributed by atoms with Crippen molar-refractivity contribution in [3.63, 3.8) is 0 Å². The Morgan fingerprint density at radius 2 is 1.69 bits per heavy atom. The number of carbonyl (C=O) groups excluding carboxylic acids is 1. The second-order valence-electron chi connectivity index (χ2n) is 5.75. The fourth-order valence-corrected chi connectivity index (χ4v) is 3.05. The fraction of sp³-hybridized carbons (Fsp3) is 0.0476. The van der Waals surface area contributed by atoms with Crippen LogP contribution in [0.25, 0.3) is 22.6 Å². The summed E-state index contributed by atoms with van der Waals surface area (Å²) in [5.74, 6) is 0.434. The number of rotatable bonds is 4. The normalized spacial score (nSPS) is 10.8. The van der Waals surface area contributed by atoms with Crippen molar-refractivity contribution in [1.29, 1.82) is 0 Å². The molecule has 4 nitrogen and oxygen atoms in total. The minimum absolute atomic E-state index is 0.132. The van der Waals surface area contributed by atoms with Crippen molar-refractivity contribution in [2.75, 3.05) is 11.6 Å². The topological polar surface area (TPSA) is 55.1 Å². The molecular weight excluding hydrogens is 344 g/mol. The summed E-state index contributed by atoms with van der Waals surface area (Å²) in [5.41, 5.74) is 3.81. The maximum absolute atomic E-state index is 12.3. The van der Waals surface area contributed by atoms with Gasteiger partial charge in [0.2, 0.25) is 5.89 Å². The number of para-hydroxylation sites is 2. The number of thioether (sulfide) groups is 1. The minimum Gasteiger partial charge on any atom is -0.436 e. The molecule has 0 aliphatic rings. The van der Waals surface area contributed by atoms with Gasteiger partial charge in [-0.15, -0.1) is 11.8 Å². The van der Waals surface area contributed by atoms with Crippen LogP contribution in [-0.4, -0.2) is 17.1 Å². The Labute approximate surface area is 155 Å². The smallest absolute Gasteiger partial charge is 0.255 e. The van der Waals surface area contributed by atoms with E-state index in [-0.39, 0.29) is 5.91 Å². The zero-order valence-corrected chi connectivity index (χ0v) is 14.9. The molecule has 1 aromatic heterocycles. The fourth-order valence-electron chi connectivity index (χ4n) is 2.64. The number of nitrogens with one attached hydrogen (secondary N) is 1. The van der Waals surface area contributed by atoms with Gasteiger partial charge in [-0.25, -0.2) is 4.98 Å². The van der Waals surface area contributed by atoms with E-state index in [0.717, 1.165) is 27.2 Å². The molecule has 1 amide bonds. The quantitative estimate of drug-likeness (QED) is 0.490. The van der Waals surface area contributed by atoms with E-state index in [9.17, 15) is 4.79 Å². The number of oxazole rings is 1. The van der Waals surface area contributed by atoms with E-state index in [1.807, 2.05) is 79.1 Å². The molecule has 1 heterocycles. The van der Waals surface area contributed by atoms with Crippen molar-refractivity contribution in [1.82, 2.24) is 4.98 Å². The van der Waals surface area contributed by atoms with Crippen LogP contribution in [0.4, 0.5) is 5.69 Å². The third-order valence-corrected chi connectivity index (χ3v) is 4.78. The highest BCUT2D eigenvalue weighted by Crippen LogP contribution is 2.25. The lowest BCUT2D eigenvalue weighted by molar-refractivity contribution is 0.102. The van der Waals surface area contributed by atoms with Crippen molar-refractivity contribution < 1.29 is 9.21 Å². The predicted octanol–water partition coefficient (Wildman–Crippen LogP) is 5.47. The largest absolute Gasteiger partial charge is 0.436 e. The third-order valence-electron chi connectivity index (χ3n) is 4.04. The third kappa shape index (κ3) is 3.34. The molecule has 4 aromatic rings. The average molecular weight is 360 g/mol. The van der Waals surface area contributed by atoms with Crippen molar-refractivity contribution in [3.05, 3.63) is 78.4 Å². The molecule has 0 radical (unpaired) electrons. The van der Waals surface area contributed by atoms with E-state index in [2.05, 4.69) is 10.3 Å². The van der Waals surface area contributed by atoms with Crippen molar-refractivity contribution in [2.45, 2.75) is 4.90 Å². The maximum atomic E-state index is 12.3. The molecule has 0 bridgehead atoms. The molecule has 4 rings (SSSR count). The van der Waals surface area contributed by atoms with E-state index in [0.29, 0.717) is 11.5 Å². The first-order valence-corrected chi connectivity index (χ1v) is 9.37. The summed E-state index contributed by atoms with van der Waals surface area (Å²) in [6.45, 7) is 0. The van der Waals surface area contributed by atoms with Crippen molar-refractivity contribution in [3.8, 4) is 11.5 Å². The van der Waals surface area contributed by atoms with Crippen LogP contribution in [0.15, 0.2) is 82.1 Å². The van der Waals surface area contributed by atoms with Crippen LogP contribution >= 0.6 is 11.8 Å². The number of amides is 1. The number of carbonyl (C=O) groups is 1. The monoisotopic (exact) mass is 360 g/mol. The lowest BCUT2D eigenvalue weighted by atomic mass is 10.2. The molecule has 5 heteroatoms. The van der Waals surface area contributed by atoms with Crippen LogP contribution < -0.4 is 5.32 Å². The van der Waals surface area contributed by atoms with Crippen LogP contribution in [0.3, 0.4) is 0 Å². The SMILES string of the molecule is CSc1ccc(C(=O)Nc2ccc(-c3nc4ccccc4o3)cc2)cc1. The first kappa shape index (κ1) is 16.4. The number of anilines is 1. The molecule has 0 saturated heterocycles. The zero-order valence-electron chi connectivity index (χ0n) is 14.1. The molecule has 0 spiro atoms. The van der Waals surface area contributed by atoms with Gasteiger partial charge in [-0.1, -0.05) is 12.1 Å². The average Bonchev–Trinajstić information content (AvgIpc) is 3.13. The standard InChI is InChI=1S/C21H16N2O2S/c1-26-17-12-8-14(9-13-17)20(24)22-16-10-6-15(7-11-16)21-23-18-4-2-3-5-19(18)25-21/h2-13H,1H3,(H,22,24). The number of fused-ring (bicyclic) bond motifs is 1. The molecule has 26 heavy (non-hydrogen) atoms. The number of hydrogen-bond acceptors (Lipinski definition) is 4. The molecule has 0 saturated carbocycles. The second kappa shape index (κ2) is 7.06. The summed E-state index contributed by atoms with van der Waals surface area (Å²) >= 11 is 1.65. The summed E-state index contributed by atoms with van der Waals surface area (Å²) in [6.07, 6.45) is 2.01. The molecule has 0 atom stereocenters. The van der Waals surface area contributed by atoms with Gasteiger partial charge >= 0.3 is 0 Å². The first-order chi connectivity index (χ1) is 12.7. The van der Waals surface area contributed by atoms with E-state index in [1.165, 1.54) is 0 Å². The Hall–Kier alpha value is -3.05. The predicted molar refractivity (Wildman–Crippen MR) is 106 cm³/mol. The van der Waals surface area contributed by atoms with Gasteiger partial charge in [-0.05, 0) is 66.9 Å². The molecule has 0 aliphatic heterocycles. The highest BCUT2D eigenvalue weighted by Gasteiger charge is 2.09. The molecule has 3 aromatic carbocycles. The molecule has 128 valence electrons. The van der Waals surface area contributed by atoms with Crippen LogP contribution in [0.5, 0.6) is 0 Å². The number of hydrogen-bond donors (Lipinski definition) is 1. The summed E-state index contributed by atoms with van der Waals surface area (Å²) < 4.78 is 5.77. The van der Waals surface area contributed by atoms with Crippen LogP contribution in [0.2, 0.25) is 0 Å². The van der Waals surface area contributed by atoms with Gasteiger partial charge in [0.15, 0.2) is 5.58 Å². The molecular formula is C21H16N2O2S. The molecule has 1 N–H and O–H groups in total. The van der Waals surface area contributed by atoms with E-state index < -0.39 is 0 Å². The van der Waals surface area contributed by atoms with Gasteiger partial charge in [0.25, 0.3) is 5.91 Å². The highest BCUT2D eigenvalue weighted by molar-refractivity contribution is 7.98. The Kier molecular flexibility index (Phi) is 4.46. The Bertz CT molecular complexity index is 1020. The summed E-state index contributed by atoms with van der Waals surface area (Å²) in [5, 5.41) is 2.90. The van der Waals surface area contributed by atoms with Gasteiger partial charge < -0.3 is 9.73 Å². The van der Waals surface area contributed by atoms with Crippen molar-refractivity contribution in [2.24, 2.45) is 0 Å². The van der Waals surface area contributed by atoms with Crippen LogP contribution in [0.1, 0.15) is 10.4 Å². The van der Waals surface area contributed by atoms with Gasteiger partial charge in [-0.3, -0.25) is 4.79 Å². The van der Waals surface area contributed by atoms with Crippen LogP contribution in [-0.2, 0) is 0 Å².